The molecule has 1 atom stereocenters. The van der Waals surface area contributed by atoms with Gasteiger partial charge >= 0.3 is 12.1 Å². The van der Waals surface area contributed by atoms with Crippen molar-refractivity contribution in [3.8, 4) is 5.75 Å². The number of rotatable bonds is 1. The van der Waals surface area contributed by atoms with Crippen LogP contribution in [-0.2, 0) is 15.9 Å². The lowest BCUT2D eigenvalue weighted by Crippen LogP contribution is -2.42. The van der Waals surface area contributed by atoms with Crippen LogP contribution in [0, 0.1) is 0 Å². The van der Waals surface area contributed by atoms with Crippen LogP contribution in [0.4, 0.5) is 10.5 Å². The van der Waals surface area contributed by atoms with Crippen LogP contribution in [0.25, 0.3) is 10.9 Å². The minimum absolute atomic E-state index is 0.0684. The predicted molar refractivity (Wildman–Crippen MR) is 80.8 cm³/mol. The van der Waals surface area contributed by atoms with Crippen molar-refractivity contribution in [2.75, 3.05) is 25.7 Å². The molecule has 2 aromatic rings. The molecule has 3 rings (SSSR count). The molecule has 0 fully saturated rings. The van der Waals surface area contributed by atoms with Crippen molar-refractivity contribution < 1.29 is 29.3 Å². The van der Waals surface area contributed by atoms with Crippen molar-refractivity contribution in [3.63, 3.8) is 0 Å². The Balaban J connectivity index is 2.23. The van der Waals surface area contributed by atoms with Gasteiger partial charge < -0.3 is 24.7 Å². The van der Waals surface area contributed by atoms with Gasteiger partial charge in [-0.05, 0) is 11.6 Å². The molecule has 0 spiro atoms. The first-order valence-corrected chi connectivity index (χ1v) is 6.95. The normalized spacial score (nSPS) is 17.0. The van der Waals surface area contributed by atoms with Crippen LogP contribution in [-0.4, -0.2) is 54.1 Å². The highest BCUT2D eigenvalue weighted by atomic mass is 16.5. The zero-order valence-electron chi connectivity index (χ0n) is 12.6. The Morgan fingerprint density at radius 1 is 1.30 bits per heavy atom. The predicted octanol–water partition coefficient (Wildman–Crippen LogP) is 1.15. The molecule has 8 heteroatoms. The quantitative estimate of drug-likeness (QED) is 0.680. The number of ether oxygens (including phenoxy) is 2. The highest BCUT2D eigenvalue weighted by Gasteiger charge is 2.31. The average Bonchev–Trinajstić information content (AvgIpc) is 3.00. The van der Waals surface area contributed by atoms with E-state index in [1.807, 2.05) is 0 Å². The van der Waals surface area contributed by atoms with Crippen LogP contribution in [0.1, 0.15) is 16.1 Å². The van der Waals surface area contributed by atoms with E-state index in [-0.39, 0.29) is 24.4 Å². The molecule has 1 amide bonds. The van der Waals surface area contributed by atoms with Gasteiger partial charge in [-0.15, -0.1) is 0 Å². The number of carbonyl (C=O) groups excluding carboxylic acids is 2. The number of phenolic OH excluding ortho intramolecular Hbond substituents is 1. The molecule has 122 valence electrons. The number of aliphatic hydroxyl groups excluding tert-OH is 1. The zero-order chi connectivity index (χ0) is 16.7. The lowest BCUT2D eigenvalue weighted by molar-refractivity contribution is 0.0595. The van der Waals surface area contributed by atoms with E-state index in [1.54, 1.807) is 0 Å². The third-order valence-electron chi connectivity index (χ3n) is 3.91. The molecule has 0 bridgehead atoms. The largest absolute Gasteiger partial charge is 0.506 e. The number of aromatic nitrogens is 1. The number of β-amino-alcohol motifs (C(OH)–C–C–N with tert-alkyl or cyclic N) is 1. The van der Waals surface area contributed by atoms with Crippen molar-refractivity contribution >= 4 is 28.7 Å². The van der Waals surface area contributed by atoms with E-state index in [9.17, 15) is 19.8 Å². The number of aliphatic hydroxyl groups is 1. The highest BCUT2D eigenvalue weighted by Crippen LogP contribution is 2.39. The topological polar surface area (TPSA) is 112 Å². The highest BCUT2D eigenvalue weighted by molar-refractivity contribution is 6.02. The SMILES string of the molecule is COC(=O)c1cc2c3c(cc(O)c2[nH]1)N(C(=O)OC)C[C@H](O)C3. The number of nitrogens with one attached hydrogen (secondary N) is 1. The maximum Gasteiger partial charge on any atom is 0.414 e. The van der Waals surface area contributed by atoms with Gasteiger partial charge in [0, 0.05) is 17.9 Å². The molecule has 1 aromatic carbocycles. The first kappa shape index (κ1) is 15.2. The third kappa shape index (κ3) is 2.36. The number of anilines is 1. The van der Waals surface area contributed by atoms with Crippen molar-refractivity contribution in [2.45, 2.75) is 12.5 Å². The average molecular weight is 320 g/mol. The van der Waals surface area contributed by atoms with Crippen LogP contribution in [0.5, 0.6) is 5.75 Å². The zero-order valence-corrected chi connectivity index (χ0v) is 12.6. The molecule has 1 aromatic heterocycles. The lowest BCUT2D eigenvalue weighted by atomic mass is 9.96. The fraction of sp³-hybridized carbons (Fsp3) is 0.333. The van der Waals surface area contributed by atoms with Gasteiger partial charge in [-0.25, -0.2) is 9.59 Å². The Bertz CT molecular complexity index is 797. The number of phenols is 1. The fourth-order valence-electron chi connectivity index (χ4n) is 2.89. The number of methoxy groups -OCH3 is 2. The summed E-state index contributed by atoms with van der Waals surface area (Å²) in [4.78, 5) is 27.6. The Hall–Kier alpha value is -2.74. The van der Waals surface area contributed by atoms with Crippen molar-refractivity contribution in [2.24, 2.45) is 0 Å². The number of hydrogen-bond acceptors (Lipinski definition) is 6. The fourth-order valence-corrected chi connectivity index (χ4v) is 2.89. The second-order valence-electron chi connectivity index (χ2n) is 5.30. The maximum absolute atomic E-state index is 11.9. The summed E-state index contributed by atoms with van der Waals surface area (Å²) >= 11 is 0. The number of benzene rings is 1. The molecule has 23 heavy (non-hydrogen) atoms. The van der Waals surface area contributed by atoms with Gasteiger partial charge in [0.15, 0.2) is 0 Å². The lowest BCUT2D eigenvalue weighted by Gasteiger charge is -2.31. The molecule has 0 unspecified atom stereocenters. The molecular formula is C15H16N2O6. The summed E-state index contributed by atoms with van der Waals surface area (Å²) in [5.41, 5.74) is 1.62. The standard InChI is InChI=1S/C15H16N2O6/c1-22-14(20)10-4-9-8-3-7(18)6-17(15(21)23-2)11(8)5-12(19)13(9)16-10/h4-5,7,16,18-19H,3,6H2,1-2H3/t7-/m1/s1. The molecule has 1 aliphatic heterocycles. The Labute approximate surface area is 131 Å². The van der Waals surface area contributed by atoms with Crippen LogP contribution in [0.2, 0.25) is 0 Å². The summed E-state index contributed by atoms with van der Waals surface area (Å²) < 4.78 is 9.38. The first-order valence-electron chi connectivity index (χ1n) is 6.95. The molecule has 3 N–H and O–H groups in total. The Morgan fingerprint density at radius 3 is 2.70 bits per heavy atom. The number of H-pyrrole nitrogens is 1. The van der Waals surface area contributed by atoms with E-state index < -0.39 is 18.2 Å². The first-order chi connectivity index (χ1) is 11.0. The number of amides is 1. The summed E-state index contributed by atoms with van der Waals surface area (Å²) in [7, 11) is 2.50. The number of nitrogens with zero attached hydrogens (tertiary/aromatic N) is 1. The molecular weight excluding hydrogens is 304 g/mol. The Kier molecular flexibility index (Phi) is 3.61. The number of hydrogen-bond donors (Lipinski definition) is 3. The van der Waals surface area contributed by atoms with Gasteiger partial charge in [-0.3, -0.25) is 4.90 Å². The molecule has 0 saturated heterocycles. The molecule has 8 nitrogen and oxygen atoms in total. The molecule has 1 aliphatic rings. The monoisotopic (exact) mass is 320 g/mol. The van der Waals surface area contributed by atoms with Crippen LogP contribution in [0.15, 0.2) is 12.1 Å². The van der Waals surface area contributed by atoms with Crippen LogP contribution >= 0.6 is 0 Å². The molecule has 0 radical (unpaired) electrons. The van der Waals surface area contributed by atoms with E-state index in [4.69, 9.17) is 4.74 Å². The van der Waals surface area contributed by atoms with Crippen LogP contribution < -0.4 is 4.90 Å². The van der Waals surface area contributed by atoms with E-state index in [0.717, 1.165) is 0 Å². The van der Waals surface area contributed by atoms with Crippen molar-refractivity contribution in [3.05, 3.63) is 23.4 Å². The maximum atomic E-state index is 11.9. The summed E-state index contributed by atoms with van der Waals surface area (Å²) in [5, 5.41) is 20.8. The smallest absolute Gasteiger partial charge is 0.414 e. The van der Waals surface area contributed by atoms with Crippen molar-refractivity contribution in [1.29, 1.82) is 0 Å². The van der Waals surface area contributed by atoms with Gasteiger partial charge in [0.05, 0.1) is 38.1 Å². The molecule has 2 heterocycles. The van der Waals surface area contributed by atoms with E-state index >= 15 is 0 Å². The van der Waals surface area contributed by atoms with Gasteiger partial charge in [0.1, 0.15) is 11.4 Å². The summed E-state index contributed by atoms with van der Waals surface area (Å²) in [6, 6.07) is 2.95. The third-order valence-corrected chi connectivity index (χ3v) is 3.91. The minimum Gasteiger partial charge on any atom is -0.506 e. The Morgan fingerprint density at radius 2 is 2.04 bits per heavy atom. The molecule has 0 saturated carbocycles. The number of carbonyl (C=O) groups is 2. The molecule has 0 aliphatic carbocycles. The van der Waals surface area contributed by atoms with E-state index in [1.165, 1.54) is 31.3 Å². The summed E-state index contributed by atoms with van der Waals surface area (Å²) in [5.74, 6) is -0.685. The summed E-state index contributed by atoms with van der Waals surface area (Å²) in [6.07, 6.45) is -1.11. The second-order valence-corrected chi connectivity index (χ2v) is 5.30. The van der Waals surface area contributed by atoms with E-state index in [0.29, 0.717) is 22.2 Å². The number of fused-ring (bicyclic) bond motifs is 3. The van der Waals surface area contributed by atoms with E-state index in [2.05, 4.69) is 9.72 Å². The van der Waals surface area contributed by atoms with Gasteiger partial charge in [-0.1, -0.05) is 0 Å². The number of aromatic amines is 1. The number of aromatic hydroxyl groups is 1. The van der Waals surface area contributed by atoms with Gasteiger partial charge in [0.25, 0.3) is 0 Å². The van der Waals surface area contributed by atoms with Gasteiger partial charge in [-0.2, -0.15) is 0 Å². The second kappa shape index (κ2) is 5.47. The summed E-state index contributed by atoms with van der Waals surface area (Å²) in [6.45, 7) is 0.0684. The van der Waals surface area contributed by atoms with Crippen molar-refractivity contribution in [1.82, 2.24) is 4.98 Å². The minimum atomic E-state index is -0.772. The van der Waals surface area contributed by atoms with Crippen LogP contribution in [0.3, 0.4) is 0 Å². The number of esters is 1. The van der Waals surface area contributed by atoms with Gasteiger partial charge in [0.2, 0.25) is 0 Å².